The molecule has 30 heavy (non-hydrogen) atoms. The molecular weight excluding hydrogens is 447 g/mol. The molecule has 0 atom stereocenters. The summed E-state index contributed by atoms with van der Waals surface area (Å²) in [5.74, 6) is -1.50. The van der Waals surface area contributed by atoms with Gasteiger partial charge in [-0.3, -0.25) is 4.79 Å². The van der Waals surface area contributed by atoms with Gasteiger partial charge in [-0.2, -0.15) is 17.9 Å². The Morgan fingerprint density at radius 3 is 2.60 bits per heavy atom. The normalized spacial score (nSPS) is 15.9. The lowest BCUT2D eigenvalue weighted by Crippen LogP contribution is -2.42. The molecule has 1 aliphatic heterocycles. The largest absolute Gasteiger partial charge is 0.418 e. The van der Waals surface area contributed by atoms with Crippen LogP contribution < -0.4 is 0 Å². The summed E-state index contributed by atoms with van der Waals surface area (Å²) in [6, 6.07) is 9.18. The lowest BCUT2D eigenvalue weighted by molar-refractivity contribution is -0.137. The molecule has 0 saturated carbocycles. The van der Waals surface area contributed by atoms with E-state index in [1.165, 1.54) is 18.2 Å². The molecule has 13 heteroatoms. The zero-order chi connectivity index (χ0) is 21.7. The highest BCUT2D eigenvalue weighted by Crippen LogP contribution is 2.36. The van der Waals surface area contributed by atoms with E-state index < -0.39 is 45.7 Å². The van der Waals surface area contributed by atoms with Crippen LogP contribution >= 0.6 is 11.6 Å². The highest BCUT2D eigenvalue weighted by atomic mass is 35.5. The van der Waals surface area contributed by atoms with E-state index in [1.54, 1.807) is 12.1 Å². The number of alkyl halides is 3. The molecule has 0 aliphatic carbocycles. The van der Waals surface area contributed by atoms with E-state index in [0.717, 1.165) is 10.7 Å². The average molecular weight is 458 g/mol. The molecule has 0 fully saturated rings. The van der Waals surface area contributed by atoms with Gasteiger partial charge in [-0.05, 0) is 40.3 Å². The highest BCUT2D eigenvalue weighted by molar-refractivity contribution is 7.89. The smallest absolute Gasteiger partial charge is 0.268 e. The minimum Gasteiger partial charge on any atom is -0.268 e. The van der Waals surface area contributed by atoms with Crippen molar-refractivity contribution < 1.29 is 26.4 Å². The maximum Gasteiger partial charge on any atom is 0.418 e. The van der Waals surface area contributed by atoms with E-state index in [0.29, 0.717) is 15.9 Å². The molecule has 0 spiro atoms. The first-order valence-corrected chi connectivity index (χ1v) is 10.3. The standard InChI is InChI=1S/C17H11ClF3N5O3S/c18-11-5-6-14(13(7-11)17(19,20)21)26-15(22-23-24-26)8-25-16(27)12-4-2-1-3-10(12)9-30(25,28)29/h1-7H,8-9H2. The predicted molar refractivity (Wildman–Crippen MR) is 98.1 cm³/mol. The van der Waals surface area contributed by atoms with Gasteiger partial charge < -0.3 is 0 Å². The Bertz CT molecular complexity index is 1260. The average Bonchev–Trinajstić information content (AvgIpc) is 3.12. The number of sulfonamides is 1. The summed E-state index contributed by atoms with van der Waals surface area (Å²) < 4.78 is 66.9. The van der Waals surface area contributed by atoms with Crippen molar-refractivity contribution in [2.75, 3.05) is 0 Å². The van der Waals surface area contributed by atoms with Crippen molar-refractivity contribution in [3.05, 3.63) is 70.0 Å². The van der Waals surface area contributed by atoms with Gasteiger partial charge in [0.2, 0.25) is 10.0 Å². The number of hydrogen-bond donors (Lipinski definition) is 0. The van der Waals surface area contributed by atoms with Crippen molar-refractivity contribution in [3.63, 3.8) is 0 Å². The maximum absolute atomic E-state index is 13.5. The van der Waals surface area contributed by atoms with Crippen LogP contribution in [-0.2, 0) is 28.5 Å². The molecule has 1 amide bonds. The van der Waals surface area contributed by atoms with Crippen LogP contribution in [0, 0.1) is 0 Å². The molecule has 0 N–H and O–H groups in total. The van der Waals surface area contributed by atoms with E-state index in [1.807, 2.05) is 0 Å². The molecule has 2 aromatic carbocycles. The van der Waals surface area contributed by atoms with Crippen LogP contribution in [0.1, 0.15) is 27.3 Å². The van der Waals surface area contributed by atoms with Crippen LogP contribution in [-0.4, -0.2) is 38.8 Å². The lowest BCUT2D eigenvalue weighted by Gasteiger charge is -2.27. The van der Waals surface area contributed by atoms with Crippen molar-refractivity contribution in [2.24, 2.45) is 0 Å². The molecular formula is C17H11ClF3N5O3S. The third kappa shape index (κ3) is 3.52. The third-order valence-electron chi connectivity index (χ3n) is 4.46. The summed E-state index contributed by atoms with van der Waals surface area (Å²) in [7, 11) is -4.07. The molecule has 4 rings (SSSR count). The Morgan fingerprint density at radius 1 is 1.13 bits per heavy atom. The van der Waals surface area contributed by atoms with Gasteiger partial charge in [-0.1, -0.05) is 29.8 Å². The van der Waals surface area contributed by atoms with E-state index in [-0.39, 0.29) is 16.4 Å². The van der Waals surface area contributed by atoms with Gasteiger partial charge in [-0.25, -0.2) is 12.7 Å². The fraction of sp³-hybridized carbons (Fsp3) is 0.176. The second kappa shape index (κ2) is 7.06. The number of rotatable bonds is 3. The van der Waals surface area contributed by atoms with E-state index in [4.69, 9.17) is 11.6 Å². The second-order valence-electron chi connectivity index (χ2n) is 6.39. The van der Waals surface area contributed by atoms with Gasteiger partial charge in [0.1, 0.15) is 0 Å². The van der Waals surface area contributed by atoms with Crippen LogP contribution in [0.5, 0.6) is 0 Å². The van der Waals surface area contributed by atoms with Crippen molar-refractivity contribution in [1.29, 1.82) is 0 Å². The summed E-state index contributed by atoms with van der Waals surface area (Å²) in [6.07, 6.45) is -4.77. The third-order valence-corrected chi connectivity index (χ3v) is 6.34. The monoisotopic (exact) mass is 457 g/mol. The van der Waals surface area contributed by atoms with Gasteiger partial charge >= 0.3 is 6.18 Å². The van der Waals surface area contributed by atoms with Crippen LogP contribution in [0.2, 0.25) is 5.02 Å². The Kier molecular flexibility index (Phi) is 4.77. The molecule has 1 aliphatic rings. The number of nitrogens with zero attached hydrogens (tertiary/aromatic N) is 5. The zero-order valence-corrected chi connectivity index (χ0v) is 16.4. The number of fused-ring (bicyclic) bond motifs is 1. The number of tetrazole rings is 1. The molecule has 0 saturated heterocycles. The SMILES string of the molecule is O=C1c2ccccc2CS(=O)(=O)N1Cc1nnnn1-c1ccc(Cl)cc1C(F)(F)F. The first kappa shape index (κ1) is 20.3. The van der Waals surface area contributed by atoms with Crippen LogP contribution in [0.25, 0.3) is 5.69 Å². The van der Waals surface area contributed by atoms with Gasteiger partial charge in [0.25, 0.3) is 5.91 Å². The molecule has 0 radical (unpaired) electrons. The maximum atomic E-state index is 13.5. The summed E-state index contributed by atoms with van der Waals surface area (Å²) in [6.45, 7) is -0.636. The number of amides is 1. The lowest BCUT2D eigenvalue weighted by atomic mass is 10.1. The van der Waals surface area contributed by atoms with Gasteiger partial charge in [0, 0.05) is 10.6 Å². The summed E-state index contributed by atoms with van der Waals surface area (Å²) in [5.41, 5.74) is -1.03. The number of halogens is 4. The molecule has 156 valence electrons. The fourth-order valence-electron chi connectivity index (χ4n) is 3.10. The number of hydrogen-bond acceptors (Lipinski definition) is 6. The molecule has 1 aromatic heterocycles. The fourth-order valence-corrected chi connectivity index (χ4v) is 4.74. The second-order valence-corrected chi connectivity index (χ2v) is 8.72. The predicted octanol–water partition coefficient (Wildman–Crippen LogP) is 2.82. The molecule has 8 nitrogen and oxygen atoms in total. The molecule has 2 heterocycles. The van der Waals surface area contributed by atoms with E-state index >= 15 is 0 Å². The highest BCUT2D eigenvalue weighted by Gasteiger charge is 2.38. The van der Waals surface area contributed by atoms with E-state index in [2.05, 4.69) is 15.5 Å². The molecule has 3 aromatic rings. The Labute approximate surface area is 172 Å². The van der Waals surface area contributed by atoms with Crippen molar-refractivity contribution >= 4 is 27.5 Å². The van der Waals surface area contributed by atoms with Crippen molar-refractivity contribution in [3.8, 4) is 5.69 Å². The summed E-state index contributed by atoms with van der Waals surface area (Å²) in [5, 5.41) is 10.4. The number of benzene rings is 2. The summed E-state index contributed by atoms with van der Waals surface area (Å²) in [4.78, 5) is 12.7. The minimum atomic E-state index is -4.77. The molecule has 0 bridgehead atoms. The van der Waals surface area contributed by atoms with Crippen LogP contribution in [0.4, 0.5) is 13.2 Å². The molecule has 0 unspecified atom stereocenters. The van der Waals surface area contributed by atoms with Gasteiger partial charge in [0.05, 0.1) is 23.5 Å². The Hall–Kier alpha value is -2.99. The Morgan fingerprint density at radius 2 is 1.87 bits per heavy atom. The zero-order valence-electron chi connectivity index (χ0n) is 14.8. The van der Waals surface area contributed by atoms with Crippen molar-refractivity contribution in [1.82, 2.24) is 24.5 Å². The number of aromatic nitrogens is 4. The van der Waals surface area contributed by atoms with Crippen LogP contribution in [0.15, 0.2) is 42.5 Å². The topological polar surface area (TPSA) is 98.1 Å². The first-order valence-electron chi connectivity index (χ1n) is 8.35. The summed E-state index contributed by atoms with van der Waals surface area (Å²) >= 11 is 5.69. The van der Waals surface area contributed by atoms with Gasteiger partial charge in [0.15, 0.2) is 5.82 Å². The van der Waals surface area contributed by atoms with Gasteiger partial charge in [-0.15, -0.1) is 5.10 Å². The van der Waals surface area contributed by atoms with Crippen molar-refractivity contribution in [2.45, 2.75) is 18.5 Å². The van der Waals surface area contributed by atoms with E-state index in [9.17, 15) is 26.4 Å². The number of carbonyl (C=O) groups is 1. The quantitative estimate of drug-likeness (QED) is 0.600. The number of carbonyl (C=O) groups excluding carboxylic acids is 1. The first-order chi connectivity index (χ1) is 14.1. The van der Waals surface area contributed by atoms with Crippen LogP contribution in [0.3, 0.4) is 0 Å². The Balaban J connectivity index is 1.77. The minimum absolute atomic E-state index is 0.147.